The average Bonchev–Trinajstić information content (AvgIpc) is 3.77. The molecule has 10 aromatic rings. The summed E-state index contributed by atoms with van der Waals surface area (Å²) in [4.78, 5) is 31.1. The van der Waals surface area contributed by atoms with Crippen molar-refractivity contribution in [2.45, 2.75) is 0 Å². The first-order chi connectivity index (χ1) is 26.8. The monoisotopic (exact) mass is 707 g/mol. The molecule has 0 saturated carbocycles. The molecule has 252 valence electrons. The highest BCUT2D eigenvalue weighted by molar-refractivity contribution is 7.20. The summed E-state index contributed by atoms with van der Waals surface area (Å²) in [6.45, 7) is 0. The molecule has 1 aliphatic rings. The fourth-order valence-corrected chi connectivity index (χ4v) is 12.8. The summed E-state index contributed by atoms with van der Waals surface area (Å²) in [6.07, 6.45) is 1.85. The third kappa shape index (κ3) is 4.54. The van der Waals surface area contributed by atoms with Gasteiger partial charge in [-0.05, 0) is 40.7 Å². The van der Waals surface area contributed by atoms with E-state index >= 15 is 0 Å². The van der Waals surface area contributed by atoms with Crippen LogP contribution < -0.4 is 21.1 Å². The molecule has 11 rings (SSSR count). The third-order valence-corrected chi connectivity index (χ3v) is 15.0. The number of nitrogens with zero attached hydrogens (tertiary/aromatic N) is 7. The number of hydrogen-bond donors (Lipinski definition) is 0. The number of fused-ring (bicyclic) bond motifs is 8. The van der Waals surface area contributed by atoms with Crippen molar-refractivity contribution in [2.75, 3.05) is 0 Å². The second-order valence-electron chi connectivity index (χ2n) is 13.6. The Labute approximate surface area is 311 Å². The molecule has 54 heavy (non-hydrogen) atoms. The molecule has 7 nitrogen and oxygen atoms in total. The van der Waals surface area contributed by atoms with E-state index in [4.69, 9.17) is 29.9 Å². The van der Waals surface area contributed by atoms with Crippen LogP contribution in [-0.2, 0) is 0 Å². The molecule has 0 amide bonds. The summed E-state index contributed by atoms with van der Waals surface area (Å²) < 4.78 is 2.36. The molecule has 0 bridgehead atoms. The van der Waals surface area contributed by atoms with Gasteiger partial charge in [0, 0.05) is 44.7 Å². The minimum Gasteiger partial charge on any atom is -0.299 e. The first-order valence-electron chi connectivity index (χ1n) is 18.0. The molecule has 0 aliphatic carbocycles. The highest BCUT2D eigenvalue weighted by Crippen LogP contribution is 2.29. The molecule has 0 spiro atoms. The second-order valence-corrected chi connectivity index (χ2v) is 17.1. The number of benzene rings is 6. The molecule has 0 radical (unpaired) electrons. The summed E-state index contributed by atoms with van der Waals surface area (Å²) in [7, 11) is -3.19. The minimum absolute atomic E-state index is 0.607. The Morgan fingerprint density at radius 2 is 1.07 bits per heavy atom. The van der Waals surface area contributed by atoms with Crippen LogP contribution >= 0.6 is 0 Å². The Morgan fingerprint density at radius 3 is 1.85 bits per heavy atom. The third-order valence-electron chi connectivity index (χ3n) is 10.5. The molecule has 0 saturated heterocycles. The maximum atomic E-state index is 5.62. The van der Waals surface area contributed by atoms with E-state index in [1.54, 1.807) is 0 Å². The summed E-state index contributed by atoms with van der Waals surface area (Å²) in [5, 5.41) is 5.49. The molecule has 6 aromatic carbocycles. The molecule has 1 unspecified atom stereocenters. The fraction of sp³-hybridized carbons (Fsp3) is 0. The summed E-state index contributed by atoms with van der Waals surface area (Å²) in [6, 6.07) is 58.8. The molecular formula is C46H29N7Si. The van der Waals surface area contributed by atoms with Crippen LogP contribution in [0.3, 0.4) is 0 Å². The van der Waals surface area contributed by atoms with E-state index in [1.807, 2.05) is 72.9 Å². The largest absolute Gasteiger partial charge is 0.299 e. The van der Waals surface area contributed by atoms with Gasteiger partial charge in [0.15, 0.2) is 17.5 Å². The van der Waals surface area contributed by atoms with Gasteiger partial charge in [-0.1, -0.05) is 140 Å². The van der Waals surface area contributed by atoms with E-state index in [0.29, 0.717) is 17.5 Å². The first kappa shape index (κ1) is 30.5. The molecule has 5 heterocycles. The maximum absolute atomic E-state index is 5.62. The summed E-state index contributed by atoms with van der Waals surface area (Å²) in [5.74, 6) is 1.86. The van der Waals surface area contributed by atoms with Gasteiger partial charge in [-0.15, -0.1) is 0 Å². The van der Waals surface area contributed by atoms with Gasteiger partial charge in [0.05, 0.1) is 22.1 Å². The van der Waals surface area contributed by atoms with Gasteiger partial charge < -0.3 is 0 Å². The lowest BCUT2D eigenvalue weighted by molar-refractivity contribution is 1.07. The minimum atomic E-state index is -3.19. The van der Waals surface area contributed by atoms with Crippen LogP contribution in [0.1, 0.15) is 0 Å². The Hall–Kier alpha value is -7.16. The lowest BCUT2D eigenvalue weighted by atomic mass is 10.1. The van der Waals surface area contributed by atoms with Crippen molar-refractivity contribution >= 4 is 62.1 Å². The lowest BCUT2D eigenvalue weighted by Gasteiger charge is -2.27. The van der Waals surface area contributed by atoms with Crippen molar-refractivity contribution in [1.29, 1.82) is 0 Å². The fourth-order valence-electron chi connectivity index (χ4n) is 8.07. The van der Waals surface area contributed by atoms with Crippen molar-refractivity contribution < 1.29 is 0 Å². The Morgan fingerprint density at radius 1 is 0.444 bits per heavy atom. The number of para-hydroxylation sites is 3. The van der Waals surface area contributed by atoms with E-state index < -0.39 is 8.07 Å². The highest BCUT2D eigenvalue weighted by Gasteiger charge is 2.53. The van der Waals surface area contributed by atoms with Crippen LogP contribution in [-0.4, -0.2) is 42.5 Å². The number of rotatable bonds is 5. The number of pyridine rings is 2. The topological polar surface area (TPSA) is 82.3 Å². The quantitative estimate of drug-likeness (QED) is 0.142. The van der Waals surface area contributed by atoms with Crippen molar-refractivity contribution in [1.82, 2.24) is 34.5 Å². The smallest absolute Gasteiger partial charge is 0.247 e. The van der Waals surface area contributed by atoms with E-state index in [1.165, 1.54) is 5.19 Å². The second kappa shape index (κ2) is 11.9. The predicted octanol–water partition coefficient (Wildman–Crippen LogP) is 7.00. The van der Waals surface area contributed by atoms with Gasteiger partial charge in [0.2, 0.25) is 8.07 Å². The van der Waals surface area contributed by atoms with E-state index in [0.717, 1.165) is 71.2 Å². The molecular weight excluding hydrogens is 679 g/mol. The summed E-state index contributed by atoms with van der Waals surface area (Å²) in [5.41, 5.74) is 8.73. The molecule has 4 aromatic heterocycles. The molecule has 8 heteroatoms. The predicted molar refractivity (Wildman–Crippen MR) is 219 cm³/mol. The molecule has 0 fully saturated rings. The maximum Gasteiger partial charge on any atom is 0.247 e. The van der Waals surface area contributed by atoms with Gasteiger partial charge in [-0.3, -0.25) is 14.5 Å². The van der Waals surface area contributed by atoms with Gasteiger partial charge in [0.25, 0.3) is 0 Å². The van der Waals surface area contributed by atoms with E-state index in [-0.39, 0.29) is 0 Å². The first-order valence-corrected chi connectivity index (χ1v) is 20.0. The number of hydrogen-bond acceptors (Lipinski definition) is 6. The van der Waals surface area contributed by atoms with Gasteiger partial charge >= 0.3 is 0 Å². The van der Waals surface area contributed by atoms with Crippen LogP contribution in [0.25, 0.3) is 72.7 Å². The standard InChI is InChI=1S/C46H29N7Si/c1-3-13-32(14-4-1)43-50-44(33-15-5-2-6-16-33)52-45(51-43)34-17-11-19-35(29-34)54(40-27-26-31-25-24-30-18-12-28-47-41(30)42(31)49-40)39-23-10-9-22-38(39)53-37-21-8-7-20-36(37)48-46(53)54/h1-29H. The number of imidazole rings is 1. The SMILES string of the molecule is c1ccc(-c2nc(-c3ccccc3)nc(-c3cccc([Si]4(c5ccc6ccc7cccnc7c6n5)c5ccccc5-n5c4nc4ccccc45)c3)n2)cc1. The van der Waals surface area contributed by atoms with Crippen LogP contribution in [0.5, 0.6) is 0 Å². The highest BCUT2D eigenvalue weighted by atomic mass is 28.3. The van der Waals surface area contributed by atoms with E-state index in [2.05, 4.69) is 108 Å². The van der Waals surface area contributed by atoms with Crippen molar-refractivity contribution in [3.05, 3.63) is 176 Å². The van der Waals surface area contributed by atoms with Crippen molar-refractivity contribution in [3.8, 4) is 39.9 Å². The van der Waals surface area contributed by atoms with Gasteiger partial charge in [-0.2, -0.15) is 0 Å². The normalized spacial score (nSPS) is 14.7. The van der Waals surface area contributed by atoms with Gasteiger partial charge in [-0.25, -0.2) is 19.9 Å². The van der Waals surface area contributed by atoms with E-state index in [9.17, 15) is 0 Å². The van der Waals surface area contributed by atoms with Crippen LogP contribution in [0.15, 0.2) is 176 Å². The zero-order chi connectivity index (χ0) is 35.6. The molecule has 1 aliphatic heterocycles. The van der Waals surface area contributed by atoms with Crippen LogP contribution in [0.4, 0.5) is 0 Å². The van der Waals surface area contributed by atoms with Crippen molar-refractivity contribution in [2.24, 2.45) is 0 Å². The zero-order valence-electron chi connectivity index (χ0n) is 28.9. The lowest BCUT2D eigenvalue weighted by Crippen LogP contribution is -2.74. The van der Waals surface area contributed by atoms with Crippen molar-refractivity contribution in [3.63, 3.8) is 0 Å². The Kier molecular flexibility index (Phi) is 6.74. The van der Waals surface area contributed by atoms with Crippen LogP contribution in [0, 0.1) is 0 Å². The van der Waals surface area contributed by atoms with Gasteiger partial charge in [0.1, 0.15) is 5.45 Å². The zero-order valence-corrected chi connectivity index (χ0v) is 29.9. The molecule has 0 N–H and O–H groups in total. The number of aromatic nitrogens is 7. The molecule has 1 atom stereocenters. The Balaban J connectivity index is 1.21. The summed E-state index contributed by atoms with van der Waals surface area (Å²) >= 11 is 0. The Bertz CT molecular complexity index is 3010. The van der Waals surface area contributed by atoms with Crippen LogP contribution in [0.2, 0.25) is 0 Å². The average molecular weight is 708 g/mol.